The normalized spacial score (nSPS) is 27.5. The zero-order valence-electron chi connectivity index (χ0n) is 9.40. The summed E-state index contributed by atoms with van der Waals surface area (Å²) in [4.78, 5) is 0. The average molecular weight is 188 g/mol. The third-order valence-electron chi connectivity index (χ3n) is 2.74. The lowest BCUT2D eigenvalue weighted by Crippen LogP contribution is -2.05. The first kappa shape index (κ1) is 11.0. The molecule has 0 saturated heterocycles. The second-order valence-corrected chi connectivity index (χ2v) is 3.96. The standard InChI is InChI=1S/C14H20/c1-4-12(2)8-7-11-14-10-6-5-9-13(14)3/h5-11,13-14H,4H2,1-3H3/b11-7-,12-8+. The summed E-state index contributed by atoms with van der Waals surface area (Å²) >= 11 is 0. The van der Waals surface area contributed by atoms with Crippen molar-refractivity contribution in [3.05, 3.63) is 48.1 Å². The van der Waals surface area contributed by atoms with Crippen LogP contribution in [0.25, 0.3) is 0 Å². The molecule has 0 fully saturated rings. The maximum absolute atomic E-state index is 2.28. The van der Waals surface area contributed by atoms with Crippen molar-refractivity contribution >= 4 is 0 Å². The molecule has 0 amide bonds. The first-order valence-electron chi connectivity index (χ1n) is 5.43. The largest absolute Gasteiger partial charge is 0.0808 e. The van der Waals surface area contributed by atoms with Gasteiger partial charge >= 0.3 is 0 Å². The molecule has 14 heavy (non-hydrogen) atoms. The first-order valence-corrected chi connectivity index (χ1v) is 5.43. The molecule has 0 radical (unpaired) electrons. The van der Waals surface area contributed by atoms with Crippen LogP contribution < -0.4 is 0 Å². The van der Waals surface area contributed by atoms with E-state index in [1.165, 1.54) is 5.57 Å². The Morgan fingerprint density at radius 1 is 1.29 bits per heavy atom. The molecule has 1 aliphatic rings. The number of rotatable bonds is 3. The molecule has 1 rings (SSSR count). The fourth-order valence-corrected chi connectivity index (χ4v) is 1.44. The number of allylic oxidation sites excluding steroid dienone is 8. The van der Waals surface area contributed by atoms with Gasteiger partial charge in [0.05, 0.1) is 0 Å². The minimum Gasteiger partial charge on any atom is -0.0808 e. The van der Waals surface area contributed by atoms with Gasteiger partial charge in [0.15, 0.2) is 0 Å². The van der Waals surface area contributed by atoms with Crippen LogP contribution in [0.4, 0.5) is 0 Å². The SMILES string of the molecule is CC/C(C)=C/C=C\C1C=CC=CC1C. The van der Waals surface area contributed by atoms with E-state index >= 15 is 0 Å². The van der Waals surface area contributed by atoms with E-state index in [0.29, 0.717) is 11.8 Å². The lowest BCUT2D eigenvalue weighted by Gasteiger charge is -2.15. The average Bonchev–Trinajstić information content (AvgIpc) is 2.20. The minimum atomic E-state index is 0.570. The van der Waals surface area contributed by atoms with Crippen LogP contribution >= 0.6 is 0 Å². The highest BCUT2D eigenvalue weighted by atomic mass is 14.1. The highest BCUT2D eigenvalue weighted by molar-refractivity contribution is 5.20. The Morgan fingerprint density at radius 3 is 2.64 bits per heavy atom. The van der Waals surface area contributed by atoms with Crippen LogP contribution in [0.15, 0.2) is 48.1 Å². The van der Waals surface area contributed by atoms with Gasteiger partial charge in [-0.1, -0.05) is 62.0 Å². The highest BCUT2D eigenvalue weighted by Gasteiger charge is 2.09. The van der Waals surface area contributed by atoms with Crippen LogP contribution in [-0.2, 0) is 0 Å². The smallest absolute Gasteiger partial charge is 0.00131 e. The molecule has 0 aliphatic heterocycles. The molecular formula is C14H20. The zero-order valence-corrected chi connectivity index (χ0v) is 9.40. The Bertz CT molecular complexity index is 276. The van der Waals surface area contributed by atoms with E-state index < -0.39 is 0 Å². The summed E-state index contributed by atoms with van der Waals surface area (Å²) in [5.41, 5.74) is 1.43. The van der Waals surface area contributed by atoms with Gasteiger partial charge in [-0.15, -0.1) is 0 Å². The predicted molar refractivity (Wildman–Crippen MR) is 64.1 cm³/mol. The second kappa shape index (κ2) is 5.64. The molecule has 0 aromatic heterocycles. The molecule has 0 spiro atoms. The lowest BCUT2D eigenvalue weighted by molar-refractivity contribution is 0.605. The van der Waals surface area contributed by atoms with Crippen LogP contribution in [0.3, 0.4) is 0 Å². The van der Waals surface area contributed by atoms with Gasteiger partial charge in [-0.05, 0) is 19.3 Å². The van der Waals surface area contributed by atoms with E-state index in [9.17, 15) is 0 Å². The molecule has 0 aromatic carbocycles. The molecule has 0 N–H and O–H groups in total. The van der Waals surface area contributed by atoms with Crippen LogP contribution in [0.5, 0.6) is 0 Å². The highest BCUT2D eigenvalue weighted by Crippen LogP contribution is 2.20. The summed E-state index contributed by atoms with van der Waals surface area (Å²) in [6.45, 7) is 6.61. The first-order chi connectivity index (χ1) is 6.74. The van der Waals surface area contributed by atoms with Gasteiger partial charge in [0.1, 0.15) is 0 Å². The maximum Gasteiger partial charge on any atom is 0.00131 e. The second-order valence-electron chi connectivity index (χ2n) is 3.96. The van der Waals surface area contributed by atoms with E-state index in [-0.39, 0.29) is 0 Å². The molecule has 0 heterocycles. The van der Waals surface area contributed by atoms with Crippen molar-refractivity contribution in [1.82, 2.24) is 0 Å². The van der Waals surface area contributed by atoms with E-state index in [2.05, 4.69) is 63.3 Å². The summed E-state index contributed by atoms with van der Waals surface area (Å²) in [5.74, 6) is 1.20. The van der Waals surface area contributed by atoms with Crippen molar-refractivity contribution < 1.29 is 0 Å². The van der Waals surface area contributed by atoms with Gasteiger partial charge in [-0.2, -0.15) is 0 Å². The fraction of sp³-hybridized carbons (Fsp3) is 0.429. The van der Waals surface area contributed by atoms with Gasteiger partial charge in [-0.25, -0.2) is 0 Å². The van der Waals surface area contributed by atoms with Crippen molar-refractivity contribution in [3.8, 4) is 0 Å². The molecule has 0 heteroatoms. The van der Waals surface area contributed by atoms with Crippen LogP contribution in [0.1, 0.15) is 27.2 Å². The van der Waals surface area contributed by atoms with Crippen molar-refractivity contribution in [2.75, 3.05) is 0 Å². The molecule has 2 atom stereocenters. The Kier molecular flexibility index (Phi) is 4.45. The van der Waals surface area contributed by atoms with Crippen molar-refractivity contribution in [1.29, 1.82) is 0 Å². The summed E-state index contributed by atoms with van der Waals surface area (Å²) in [6, 6.07) is 0. The van der Waals surface area contributed by atoms with Crippen LogP contribution in [-0.4, -0.2) is 0 Å². The third kappa shape index (κ3) is 3.37. The van der Waals surface area contributed by atoms with Crippen molar-refractivity contribution in [3.63, 3.8) is 0 Å². The quantitative estimate of drug-likeness (QED) is 0.580. The van der Waals surface area contributed by atoms with Gasteiger partial charge in [-0.3, -0.25) is 0 Å². The van der Waals surface area contributed by atoms with Crippen molar-refractivity contribution in [2.24, 2.45) is 11.8 Å². The lowest BCUT2D eigenvalue weighted by atomic mass is 9.90. The molecule has 0 nitrogen and oxygen atoms in total. The summed E-state index contributed by atoms with van der Waals surface area (Å²) < 4.78 is 0. The monoisotopic (exact) mass is 188 g/mol. The van der Waals surface area contributed by atoms with Gasteiger partial charge in [0.2, 0.25) is 0 Å². The Labute approximate surface area is 87.7 Å². The molecular weight excluding hydrogens is 168 g/mol. The molecule has 0 aromatic rings. The third-order valence-corrected chi connectivity index (χ3v) is 2.74. The van der Waals surface area contributed by atoms with E-state index in [0.717, 1.165) is 6.42 Å². The minimum absolute atomic E-state index is 0.570. The maximum atomic E-state index is 2.28. The molecule has 76 valence electrons. The molecule has 1 aliphatic carbocycles. The molecule has 2 unspecified atom stereocenters. The summed E-state index contributed by atoms with van der Waals surface area (Å²) in [7, 11) is 0. The van der Waals surface area contributed by atoms with Gasteiger partial charge < -0.3 is 0 Å². The molecule has 0 bridgehead atoms. The summed E-state index contributed by atoms with van der Waals surface area (Å²) in [5, 5.41) is 0. The van der Waals surface area contributed by atoms with Crippen LogP contribution in [0, 0.1) is 11.8 Å². The predicted octanol–water partition coefficient (Wildman–Crippen LogP) is 4.28. The number of hydrogen-bond acceptors (Lipinski definition) is 0. The molecule has 0 saturated carbocycles. The van der Waals surface area contributed by atoms with E-state index in [1.807, 2.05) is 0 Å². The fourth-order valence-electron chi connectivity index (χ4n) is 1.44. The van der Waals surface area contributed by atoms with Crippen molar-refractivity contribution in [2.45, 2.75) is 27.2 Å². The van der Waals surface area contributed by atoms with Gasteiger partial charge in [0.25, 0.3) is 0 Å². The van der Waals surface area contributed by atoms with Crippen LogP contribution in [0.2, 0.25) is 0 Å². The zero-order chi connectivity index (χ0) is 10.4. The van der Waals surface area contributed by atoms with E-state index in [4.69, 9.17) is 0 Å². The van der Waals surface area contributed by atoms with Gasteiger partial charge in [0, 0.05) is 5.92 Å². The number of hydrogen-bond donors (Lipinski definition) is 0. The Balaban J connectivity index is 2.52. The Morgan fingerprint density at radius 2 is 2.00 bits per heavy atom. The Hall–Kier alpha value is -1.04. The van der Waals surface area contributed by atoms with E-state index in [1.54, 1.807) is 0 Å². The topological polar surface area (TPSA) is 0 Å². The summed E-state index contributed by atoms with van der Waals surface area (Å²) in [6.07, 6.45) is 16.6.